The molecular formula is C30H45N5O7S. The van der Waals surface area contributed by atoms with E-state index in [0.717, 1.165) is 21.7 Å². The molecule has 1 saturated heterocycles. The number of nitrogens with one attached hydrogen (secondary N) is 2. The third kappa shape index (κ3) is 10.6. The van der Waals surface area contributed by atoms with E-state index < -0.39 is 35.4 Å². The molecule has 1 fully saturated rings. The number of aliphatic hydroxyl groups excluding tert-OH is 1. The van der Waals surface area contributed by atoms with E-state index in [9.17, 15) is 19.5 Å². The molecule has 1 aromatic carbocycles. The fraction of sp³-hybridized carbons (Fsp3) is 0.600. The van der Waals surface area contributed by atoms with Crippen LogP contribution in [-0.4, -0.2) is 104 Å². The Morgan fingerprint density at radius 1 is 1.09 bits per heavy atom. The maximum Gasteiger partial charge on any atom is 0.246 e. The van der Waals surface area contributed by atoms with Gasteiger partial charge in [0.25, 0.3) is 0 Å². The number of benzene rings is 1. The Kier molecular flexibility index (Phi) is 13.5. The second kappa shape index (κ2) is 16.8. The number of nitrogens with zero attached hydrogens (tertiary/aromatic N) is 2. The number of nitrogens with two attached hydrogens (primary N) is 1. The molecular weight excluding hydrogens is 574 g/mol. The highest BCUT2D eigenvalue weighted by molar-refractivity contribution is 7.13. The van der Waals surface area contributed by atoms with E-state index >= 15 is 0 Å². The van der Waals surface area contributed by atoms with Crippen LogP contribution in [-0.2, 0) is 35.1 Å². The molecule has 3 amide bonds. The lowest BCUT2D eigenvalue weighted by Gasteiger charge is -2.35. The van der Waals surface area contributed by atoms with Crippen molar-refractivity contribution in [2.75, 3.05) is 52.7 Å². The zero-order valence-corrected chi connectivity index (χ0v) is 26.3. The van der Waals surface area contributed by atoms with Crippen LogP contribution in [0.2, 0.25) is 0 Å². The van der Waals surface area contributed by atoms with Gasteiger partial charge in [0, 0.05) is 26.1 Å². The van der Waals surface area contributed by atoms with Crippen LogP contribution < -0.4 is 16.4 Å². The van der Waals surface area contributed by atoms with Gasteiger partial charge in [0.05, 0.1) is 55.2 Å². The van der Waals surface area contributed by atoms with Crippen molar-refractivity contribution in [3.63, 3.8) is 0 Å². The molecule has 5 N–H and O–H groups in total. The smallest absolute Gasteiger partial charge is 0.246 e. The van der Waals surface area contributed by atoms with E-state index in [1.54, 1.807) is 11.3 Å². The van der Waals surface area contributed by atoms with E-state index in [4.69, 9.17) is 19.9 Å². The number of aliphatic hydroxyl groups is 1. The number of hydrogen-bond acceptors (Lipinski definition) is 10. The van der Waals surface area contributed by atoms with Gasteiger partial charge in [-0.05, 0) is 23.5 Å². The van der Waals surface area contributed by atoms with Gasteiger partial charge in [-0.15, -0.1) is 11.3 Å². The molecule has 1 aliphatic rings. The van der Waals surface area contributed by atoms with Crippen molar-refractivity contribution in [3.05, 3.63) is 41.0 Å². The summed E-state index contributed by atoms with van der Waals surface area (Å²) in [4.78, 5) is 46.4. The van der Waals surface area contributed by atoms with E-state index in [1.165, 1.54) is 4.90 Å². The lowest BCUT2D eigenvalue weighted by atomic mass is 9.85. The summed E-state index contributed by atoms with van der Waals surface area (Å²) < 4.78 is 16.0. The number of β-amino-alcohol motifs (C(OH)–C–C–N with tert-alkyl or cyclic N) is 1. The van der Waals surface area contributed by atoms with Crippen LogP contribution in [0.15, 0.2) is 29.8 Å². The summed E-state index contributed by atoms with van der Waals surface area (Å²) in [6.07, 6.45) is -0.728. The number of rotatable bonds is 16. The summed E-state index contributed by atoms with van der Waals surface area (Å²) in [5.41, 5.74) is 9.44. The highest BCUT2D eigenvalue weighted by Crippen LogP contribution is 2.28. The molecule has 0 unspecified atom stereocenters. The number of amides is 3. The Bertz CT molecular complexity index is 1180. The molecule has 0 radical (unpaired) electrons. The molecule has 0 saturated carbocycles. The van der Waals surface area contributed by atoms with Gasteiger partial charge in [-0.2, -0.15) is 0 Å². The Morgan fingerprint density at radius 2 is 1.74 bits per heavy atom. The molecule has 13 heteroatoms. The molecule has 3 atom stereocenters. The molecule has 3 rings (SSSR count). The van der Waals surface area contributed by atoms with E-state index in [1.807, 2.05) is 57.5 Å². The van der Waals surface area contributed by atoms with Crippen molar-refractivity contribution >= 4 is 29.1 Å². The maximum absolute atomic E-state index is 13.7. The minimum absolute atomic E-state index is 0.00506. The Labute approximate surface area is 257 Å². The molecule has 43 heavy (non-hydrogen) atoms. The van der Waals surface area contributed by atoms with Gasteiger partial charge < -0.3 is 40.6 Å². The second-order valence-electron chi connectivity index (χ2n) is 11.5. The van der Waals surface area contributed by atoms with Crippen molar-refractivity contribution in [2.45, 2.75) is 58.8 Å². The summed E-state index contributed by atoms with van der Waals surface area (Å²) in [6, 6.07) is 6.08. The summed E-state index contributed by atoms with van der Waals surface area (Å²) in [5.74, 6) is -1.25. The average Bonchev–Trinajstić information content (AvgIpc) is 3.58. The number of carbonyl (C=O) groups excluding carboxylic acids is 3. The topological polar surface area (TPSA) is 165 Å². The molecule has 1 aliphatic heterocycles. The average molecular weight is 620 g/mol. The fourth-order valence-electron chi connectivity index (χ4n) is 4.67. The predicted octanol–water partition coefficient (Wildman–Crippen LogP) is 1.24. The first-order valence-corrected chi connectivity index (χ1v) is 15.4. The molecule has 12 nitrogen and oxygen atoms in total. The van der Waals surface area contributed by atoms with E-state index in [-0.39, 0.29) is 38.6 Å². The lowest BCUT2D eigenvalue weighted by molar-refractivity contribution is -0.144. The molecule has 1 aromatic heterocycles. The monoisotopic (exact) mass is 619 g/mol. The molecule has 0 aliphatic carbocycles. The van der Waals surface area contributed by atoms with Crippen LogP contribution in [0.25, 0.3) is 10.4 Å². The van der Waals surface area contributed by atoms with Gasteiger partial charge in [0.2, 0.25) is 17.7 Å². The van der Waals surface area contributed by atoms with E-state index in [0.29, 0.717) is 33.0 Å². The van der Waals surface area contributed by atoms with Crippen LogP contribution in [0.1, 0.15) is 38.4 Å². The van der Waals surface area contributed by atoms with Crippen LogP contribution in [0.5, 0.6) is 0 Å². The molecule has 0 spiro atoms. The molecule has 2 heterocycles. The molecule has 238 valence electrons. The third-order valence-electron chi connectivity index (χ3n) is 6.95. The van der Waals surface area contributed by atoms with Crippen molar-refractivity contribution in [3.8, 4) is 10.4 Å². The first-order chi connectivity index (χ1) is 20.5. The fourth-order valence-corrected chi connectivity index (χ4v) is 5.48. The molecule has 0 bridgehead atoms. The third-order valence-corrected chi connectivity index (χ3v) is 7.93. The summed E-state index contributed by atoms with van der Waals surface area (Å²) in [5, 5.41) is 16.1. The standard InChI is InChI=1S/C30H45N5O7S/c1-20-26(43-19-33-20)22-7-5-21(6-8-22)16-32-28(38)24-15-23(36)17-35(24)29(39)27(30(2,3)4)34-25(37)18-42-14-13-41-12-11-40-10-9-31/h5-8,19,23-24,27,36H,9-18,31H2,1-4H3,(H,32,38)(H,34,37)/t23-,24-,27+/m0/s1. The number of likely N-dealkylation sites (tertiary alicyclic amines) is 1. The minimum Gasteiger partial charge on any atom is -0.391 e. The first-order valence-electron chi connectivity index (χ1n) is 14.5. The van der Waals surface area contributed by atoms with Gasteiger partial charge in [0.15, 0.2) is 0 Å². The minimum atomic E-state index is -0.928. The van der Waals surface area contributed by atoms with Gasteiger partial charge in [-0.25, -0.2) is 4.98 Å². The summed E-state index contributed by atoms with van der Waals surface area (Å²) in [7, 11) is 0. The number of aryl methyl sites for hydroxylation is 1. The number of aromatic nitrogens is 1. The normalized spacial score (nSPS) is 17.6. The second-order valence-corrected chi connectivity index (χ2v) is 12.4. The van der Waals surface area contributed by atoms with Crippen LogP contribution in [0.4, 0.5) is 0 Å². The quantitative estimate of drug-likeness (QED) is 0.202. The van der Waals surface area contributed by atoms with Crippen LogP contribution in [0, 0.1) is 12.3 Å². The lowest BCUT2D eigenvalue weighted by Crippen LogP contribution is -2.58. The summed E-state index contributed by atoms with van der Waals surface area (Å²) >= 11 is 1.58. The van der Waals surface area contributed by atoms with Crippen molar-refractivity contribution in [1.82, 2.24) is 20.5 Å². The van der Waals surface area contributed by atoms with Crippen molar-refractivity contribution < 1.29 is 33.7 Å². The zero-order valence-electron chi connectivity index (χ0n) is 25.5. The highest BCUT2D eigenvalue weighted by atomic mass is 32.1. The van der Waals surface area contributed by atoms with E-state index in [2.05, 4.69) is 15.6 Å². The van der Waals surface area contributed by atoms with Gasteiger partial charge >= 0.3 is 0 Å². The van der Waals surface area contributed by atoms with Gasteiger partial charge in [-0.3, -0.25) is 14.4 Å². The highest BCUT2D eigenvalue weighted by Gasteiger charge is 2.44. The van der Waals surface area contributed by atoms with Gasteiger partial charge in [-0.1, -0.05) is 45.0 Å². The number of hydrogen-bond donors (Lipinski definition) is 4. The van der Waals surface area contributed by atoms with Crippen LogP contribution in [0.3, 0.4) is 0 Å². The maximum atomic E-state index is 13.7. The molecule has 2 aromatic rings. The van der Waals surface area contributed by atoms with Crippen molar-refractivity contribution in [2.24, 2.45) is 11.1 Å². The first kappa shape index (κ1) is 34.5. The number of thiazole rings is 1. The Balaban J connectivity index is 1.52. The Morgan fingerprint density at radius 3 is 2.35 bits per heavy atom. The van der Waals surface area contributed by atoms with Crippen molar-refractivity contribution in [1.29, 1.82) is 0 Å². The predicted molar refractivity (Wildman–Crippen MR) is 163 cm³/mol. The van der Waals surface area contributed by atoms with Crippen LogP contribution >= 0.6 is 11.3 Å². The number of ether oxygens (including phenoxy) is 3. The summed E-state index contributed by atoms with van der Waals surface area (Å²) in [6.45, 7) is 9.72. The largest absolute Gasteiger partial charge is 0.391 e. The SMILES string of the molecule is Cc1ncsc1-c1ccc(CNC(=O)[C@@H]2C[C@H](O)CN2C(=O)[C@@H](NC(=O)COCCOCCOCCN)C(C)(C)C)cc1. The Hall–Kier alpha value is -2.94. The zero-order chi connectivity index (χ0) is 31.4. The van der Waals surface area contributed by atoms with Gasteiger partial charge in [0.1, 0.15) is 18.7 Å². The number of carbonyl (C=O) groups is 3.